The van der Waals surface area contributed by atoms with E-state index in [1.165, 1.54) is 18.4 Å². The monoisotopic (exact) mass is 445 g/mol. The summed E-state index contributed by atoms with van der Waals surface area (Å²) in [6, 6.07) is 15.0. The molecule has 1 aliphatic rings. The summed E-state index contributed by atoms with van der Waals surface area (Å²) in [5, 5.41) is 16.1. The lowest BCUT2D eigenvalue weighted by atomic mass is 9.99. The van der Waals surface area contributed by atoms with Gasteiger partial charge in [0.15, 0.2) is 0 Å². The number of hydrogen-bond donors (Lipinski definition) is 2. The van der Waals surface area contributed by atoms with Crippen LogP contribution in [-0.4, -0.2) is 39.3 Å². The highest BCUT2D eigenvalue weighted by Crippen LogP contribution is 2.36. The van der Waals surface area contributed by atoms with Crippen molar-refractivity contribution < 1.29 is 5.11 Å². The lowest BCUT2D eigenvalue weighted by molar-refractivity contribution is 0.262. The molecule has 6 nitrogen and oxygen atoms in total. The summed E-state index contributed by atoms with van der Waals surface area (Å²) in [5.74, 6) is 1.85. The number of aromatic nitrogens is 3. The highest BCUT2D eigenvalue weighted by molar-refractivity contribution is 7.17. The molecule has 7 heteroatoms. The third kappa shape index (κ3) is 4.31. The second-order valence-corrected chi connectivity index (χ2v) is 9.01. The van der Waals surface area contributed by atoms with Gasteiger partial charge in [-0.1, -0.05) is 36.4 Å². The second kappa shape index (κ2) is 9.63. The molecule has 3 aromatic heterocycles. The Balaban J connectivity index is 1.33. The normalized spacial score (nSPS) is 16.4. The number of nitrogens with one attached hydrogen (secondary N) is 1. The van der Waals surface area contributed by atoms with E-state index in [0.29, 0.717) is 12.6 Å². The Morgan fingerprint density at radius 3 is 2.78 bits per heavy atom. The fourth-order valence-electron chi connectivity index (χ4n) is 4.47. The fourth-order valence-corrected chi connectivity index (χ4v) is 5.38. The van der Waals surface area contributed by atoms with Gasteiger partial charge in [-0.25, -0.2) is 15.0 Å². The van der Waals surface area contributed by atoms with Crippen molar-refractivity contribution in [3.63, 3.8) is 0 Å². The van der Waals surface area contributed by atoms with E-state index in [1.807, 2.05) is 12.3 Å². The first-order valence-corrected chi connectivity index (χ1v) is 12.1. The molecule has 1 fully saturated rings. The molecule has 0 unspecified atom stereocenters. The molecule has 0 bridgehead atoms. The van der Waals surface area contributed by atoms with Crippen LogP contribution in [0, 0.1) is 0 Å². The molecule has 5 rings (SSSR count). The lowest BCUT2D eigenvalue weighted by Crippen LogP contribution is -2.40. The maximum atomic E-state index is 9.39. The Bertz CT molecular complexity index is 1160. The molecule has 0 amide bonds. The Kier molecular flexibility index (Phi) is 6.27. The van der Waals surface area contributed by atoms with Gasteiger partial charge in [0.25, 0.3) is 0 Å². The Labute approximate surface area is 192 Å². The smallest absolute Gasteiger partial charge is 0.139 e. The Morgan fingerprint density at radius 1 is 1.06 bits per heavy atom. The second-order valence-electron chi connectivity index (χ2n) is 8.15. The molecule has 4 aromatic rings. The van der Waals surface area contributed by atoms with Crippen LogP contribution in [0.4, 0.5) is 11.6 Å². The van der Waals surface area contributed by atoms with Crippen LogP contribution in [0.3, 0.4) is 0 Å². The van der Waals surface area contributed by atoms with Crippen LogP contribution >= 0.6 is 11.3 Å². The van der Waals surface area contributed by atoms with Crippen LogP contribution < -0.4 is 10.2 Å². The average molecular weight is 446 g/mol. The van der Waals surface area contributed by atoms with Gasteiger partial charge in [-0.15, -0.1) is 11.3 Å². The quantitative estimate of drug-likeness (QED) is 0.412. The first kappa shape index (κ1) is 20.8. The molecular weight excluding hydrogens is 418 g/mol. The van der Waals surface area contributed by atoms with Crippen molar-refractivity contribution in [3.05, 3.63) is 65.9 Å². The largest absolute Gasteiger partial charge is 0.396 e. The molecule has 0 aliphatic carbocycles. The van der Waals surface area contributed by atoms with Gasteiger partial charge < -0.3 is 15.3 Å². The van der Waals surface area contributed by atoms with Crippen molar-refractivity contribution in [1.29, 1.82) is 0 Å². The van der Waals surface area contributed by atoms with E-state index >= 15 is 0 Å². The maximum Gasteiger partial charge on any atom is 0.139 e. The van der Waals surface area contributed by atoms with E-state index in [9.17, 15) is 5.11 Å². The minimum Gasteiger partial charge on any atom is -0.396 e. The minimum atomic E-state index is 0.226. The zero-order chi connectivity index (χ0) is 21.8. The van der Waals surface area contributed by atoms with Gasteiger partial charge in [-0.2, -0.15) is 0 Å². The molecule has 164 valence electrons. The Morgan fingerprint density at radius 2 is 1.97 bits per heavy atom. The first-order valence-electron chi connectivity index (χ1n) is 11.2. The number of piperidine rings is 1. The molecule has 32 heavy (non-hydrogen) atoms. The maximum absolute atomic E-state index is 9.39. The fraction of sp³-hybridized carbons (Fsp3) is 0.320. The van der Waals surface area contributed by atoms with Crippen molar-refractivity contribution >= 4 is 33.2 Å². The molecule has 0 radical (unpaired) electrons. The number of nitrogens with zero attached hydrogens (tertiary/aromatic N) is 4. The summed E-state index contributed by atoms with van der Waals surface area (Å²) >= 11 is 1.64. The summed E-state index contributed by atoms with van der Waals surface area (Å²) < 4.78 is 0. The van der Waals surface area contributed by atoms with Crippen LogP contribution in [0.2, 0.25) is 0 Å². The van der Waals surface area contributed by atoms with Gasteiger partial charge in [0.2, 0.25) is 0 Å². The third-order valence-electron chi connectivity index (χ3n) is 6.11. The molecule has 1 aliphatic heterocycles. The van der Waals surface area contributed by atoms with E-state index in [1.54, 1.807) is 17.7 Å². The van der Waals surface area contributed by atoms with E-state index in [-0.39, 0.29) is 6.61 Å². The summed E-state index contributed by atoms with van der Waals surface area (Å²) in [7, 11) is 0. The molecule has 1 aromatic carbocycles. The molecule has 1 atom stereocenters. The number of fused-ring (bicyclic) bond motifs is 1. The van der Waals surface area contributed by atoms with Gasteiger partial charge in [0.05, 0.1) is 5.39 Å². The van der Waals surface area contributed by atoms with E-state index in [0.717, 1.165) is 52.4 Å². The predicted octanol–water partition coefficient (Wildman–Crippen LogP) is 5.11. The number of aliphatic hydroxyl groups excluding tert-OH is 1. The number of rotatable bonds is 7. The summed E-state index contributed by atoms with van der Waals surface area (Å²) in [6.45, 7) is 1.88. The highest BCUT2D eigenvalue weighted by atomic mass is 32.1. The number of pyridine rings is 1. The summed E-state index contributed by atoms with van der Waals surface area (Å²) in [4.78, 5) is 17.1. The third-order valence-corrected chi connectivity index (χ3v) is 6.99. The van der Waals surface area contributed by atoms with Crippen molar-refractivity contribution in [2.24, 2.45) is 0 Å². The van der Waals surface area contributed by atoms with E-state index < -0.39 is 0 Å². The number of aliphatic hydroxyl groups is 1. The summed E-state index contributed by atoms with van der Waals surface area (Å²) in [6.07, 6.45) is 7.90. The van der Waals surface area contributed by atoms with Crippen LogP contribution in [0.1, 0.15) is 31.2 Å². The van der Waals surface area contributed by atoms with Crippen LogP contribution in [0.15, 0.2) is 60.4 Å². The molecule has 2 N–H and O–H groups in total. The number of benzene rings is 1. The van der Waals surface area contributed by atoms with Crippen LogP contribution in [0.25, 0.3) is 21.3 Å². The molecule has 4 heterocycles. The van der Waals surface area contributed by atoms with Gasteiger partial charge in [0, 0.05) is 42.9 Å². The van der Waals surface area contributed by atoms with Gasteiger partial charge in [-0.3, -0.25) is 0 Å². The number of hydrogen-bond acceptors (Lipinski definition) is 7. The van der Waals surface area contributed by atoms with Gasteiger partial charge >= 0.3 is 0 Å². The van der Waals surface area contributed by atoms with Gasteiger partial charge in [0.1, 0.15) is 22.8 Å². The Hall–Kier alpha value is -3.03. The zero-order valence-electron chi connectivity index (χ0n) is 17.9. The van der Waals surface area contributed by atoms with Crippen molar-refractivity contribution in [1.82, 2.24) is 15.0 Å². The minimum absolute atomic E-state index is 0.226. The van der Waals surface area contributed by atoms with Crippen molar-refractivity contribution in [2.75, 3.05) is 23.4 Å². The van der Waals surface area contributed by atoms with Crippen LogP contribution in [-0.2, 0) is 6.54 Å². The van der Waals surface area contributed by atoms with Crippen molar-refractivity contribution in [3.8, 4) is 11.1 Å². The van der Waals surface area contributed by atoms with Crippen LogP contribution in [0.5, 0.6) is 0 Å². The van der Waals surface area contributed by atoms with E-state index in [4.69, 9.17) is 4.98 Å². The van der Waals surface area contributed by atoms with Crippen molar-refractivity contribution in [2.45, 2.75) is 38.3 Å². The topological polar surface area (TPSA) is 74.2 Å². The SMILES string of the molecule is OCC[C@H]1CCCCN1c1ccc(CNc2ncnc3scc(-c4ccccc4)c23)cn1. The predicted molar refractivity (Wildman–Crippen MR) is 131 cm³/mol. The van der Waals surface area contributed by atoms with E-state index in [2.05, 4.69) is 62.0 Å². The molecule has 1 saturated heterocycles. The summed E-state index contributed by atoms with van der Waals surface area (Å²) in [5.41, 5.74) is 3.43. The molecule has 0 spiro atoms. The van der Waals surface area contributed by atoms with Gasteiger partial charge in [-0.05, 0) is 42.9 Å². The number of thiophene rings is 1. The highest BCUT2D eigenvalue weighted by Gasteiger charge is 2.23. The molecular formula is C25H27N5OS. The average Bonchev–Trinajstić information content (AvgIpc) is 3.29. The zero-order valence-corrected chi connectivity index (χ0v) is 18.8. The first-order chi connectivity index (χ1) is 15.8. The number of anilines is 2. The standard InChI is InChI=1S/C25H27N5OS/c31-13-11-20-8-4-5-12-30(20)22-10-9-18(14-26-22)15-27-24-23-21(19-6-2-1-3-7-19)16-32-25(23)29-17-28-24/h1-3,6-7,9-10,14,16-17,20,31H,4-5,8,11-13,15H2,(H,27,28,29)/t20-/m1/s1. The lowest BCUT2D eigenvalue weighted by Gasteiger charge is -2.36. The molecule has 0 saturated carbocycles.